The first-order valence-electron chi connectivity index (χ1n) is 12.8. The van der Waals surface area contributed by atoms with Gasteiger partial charge in [-0.25, -0.2) is 0 Å². The summed E-state index contributed by atoms with van der Waals surface area (Å²) in [5, 5.41) is 12.2. The van der Waals surface area contributed by atoms with Crippen molar-refractivity contribution in [2.24, 2.45) is 21.6 Å². The molecule has 1 saturated carbocycles. The number of carbonyl (C=O) groups is 2. The predicted octanol–water partition coefficient (Wildman–Crippen LogP) is 5.80. The van der Waals surface area contributed by atoms with Gasteiger partial charge in [0.25, 0.3) is 0 Å². The van der Waals surface area contributed by atoms with Gasteiger partial charge in [-0.1, -0.05) is 52.2 Å². The van der Waals surface area contributed by atoms with Crippen LogP contribution in [0.1, 0.15) is 77.7 Å². The number of carbonyl (C=O) groups excluding carboxylic acids is 2. The number of hydrogen-bond acceptors (Lipinski definition) is 5. The molecule has 34 heavy (non-hydrogen) atoms. The molecule has 6 nitrogen and oxygen atoms in total. The molecule has 4 aliphatic rings. The van der Waals surface area contributed by atoms with E-state index in [0.29, 0.717) is 6.42 Å². The summed E-state index contributed by atoms with van der Waals surface area (Å²) in [6.45, 7) is 6.44. The first kappa shape index (κ1) is 23.0. The number of Topliss-reactive ketones (excluding diaryl/α,β-unsaturated/α-hetero) is 1. The van der Waals surface area contributed by atoms with Crippen LogP contribution in [0.25, 0.3) is 0 Å². The number of nitrogens with zero attached hydrogens (tertiary/aromatic N) is 3. The molecule has 1 aromatic rings. The first-order valence-corrected chi connectivity index (χ1v) is 12.8. The van der Waals surface area contributed by atoms with Crippen molar-refractivity contribution in [3.05, 3.63) is 52.9 Å². The Morgan fingerprint density at radius 3 is 2.68 bits per heavy atom. The summed E-state index contributed by atoms with van der Waals surface area (Å²) in [7, 11) is 1.89. The lowest BCUT2D eigenvalue weighted by atomic mass is 9.59. The van der Waals surface area contributed by atoms with Crippen molar-refractivity contribution in [1.29, 1.82) is 0 Å². The number of anilines is 1. The Morgan fingerprint density at radius 1 is 1.18 bits per heavy atom. The van der Waals surface area contributed by atoms with Crippen LogP contribution in [0.4, 0.5) is 5.69 Å². The van der Waals surface area contributed by atoms with Crippen LogP contribution in [-0.2, 0) is 15.0 Å². The summed E-state index contributed by atoms with van der Waals surface area (Å²) in [4.78, 5) is 28.8. The SMILES string of the molecule is CCC1(c2cccc(N(C)C(=O)C3CCCCC3)c2)C2=CN=NC2NC2=C1C(=O)CC(C)(C)C2. The standard InChI is InChI=1S/C28H36N4O2/c1-5-28(19-12-9-13-20(14-19)32(4)26(34)18-10-7-6-8-11-18)21-17-29-31-25(21)30-22-15-27(2,3)16-23(33)24(22)28/h9,12-14,17-18,25,30H,5-8,10-11,15-16H2,1-4H3. The number of allylic oxidation sites excluding steroid dienone is 2. The lowest BCUT2D eigenvalue weighted by molar-refractivity contribution is -0.123. The summed E-state index contributed by atoms with van der Waals surface area (Å²) >= 11 is 0. The largest absolute Gasteiger partial charge is 0.362 e. The van der Waals surface area contributed by atoms with Gasteiger partial charge in [-0.15, -0.1) is 0 Å². The van der Waals surface area contributed by atoms with Crippen molar-refractivity contribution in [3.8, 4) is 0 Å². The van der Waals surface area contributed by atoms with Crippen LogP contribution in [0.2, 0.25) is 0 Å². The van der Waals surface area contributed by atoms with Crippen LogP contribution in [0, 0.1) is 11.3 Å². The van der Waals surface area contributed by atoms with Crippen LogP contribution in [-0.4, -0.2) is 24.9 Å². The Hall–Kier alpha value is -2.76. The maximum absolute atomic E-state index is 13.7. The molecule has 0 saturated heterocycles. The first-order chi connectivity index (χ1) is 16.3. The van der Waals surface area contributed by atoms with Crippen LogP contribution in [0.3, 0.4) is 0 Å². The van der Waals surface area contributed by atoms with E-state index in [4.69, 9.17) is 0 Å². The fourth-order valence-electron chi connectivity index (χ4n) is 6.62. The highest BCUT2D eigenvalue weighted by Gasteiger charge is 2.53. The third-order valence-electron chi connectivity index (χ3n) is 8.32. The minimum Gasteiger partial charge on any atom is -0.362 e. The number of ketones is 1. The molecule has 5 rings (SSSR count). The summed E-state index contributed by atoms with van der Waals surface area (Å²) in [6, 6.07) is 8.24. The smallest absolute Gasteiger partial charge is 0.229 e. The molecule has 180 valence electrons. The predicted molar refractivity (Wildman–Crippen MR) is 133 cm³/mol. The van der Waals surface area contributed by atoms with Crippen LogP contribution >= 0.6 is 0 Å². The number of azo groups is 1. The van der Waals surface area contributed by atoms with E-state index in [1.54, 1.807) is 0 Å². The Labute approximate surface area is 202 Å². The molecule has 0 spiro atoms. The topological polar surface area (TPSA) is 74.1 Å². The quantitative estimate of drug-likeness (QED) is 0.617. The second-order valence-electron chi connectivity index (χ2n) is 11.2. The van der Waals surface area contributed by atoms with E-state index in [-0.39, 0.29) is 29.2 Å². The average Bonchev–Trinajstić information content (AvgIpc) is 3.30. The van der Waals surface area contributed by atoms with Crippen molar-refractivity contribution < 1.29 is 9.59 Å². The van der Waals surface area contributed by atoms with E-state index in [1.807, 2.05) is 30.3 Å². The zero-order chi connectivity index (χ0) is 24.1. The van der Waals surface area contributed by atoms with E-state index >= 15 is 0 Å². The zero-order valence-electron chi connectivity index (χ0n) is 20.9. The fraction of sp³-hybridized carbons (Fsp3) is 0.571. The van der Waals surface area contributed by atoms with Crippen molar-refractivity contribution in [1.82, 2.24) is 5.32 Å². The number of benzene rings is 1. The molecule has 1 aromatic carbocycles. The molecule has 2 heterocycles. The Bertz CT molecular complexity index is 1110. The number of amides is 1. The number of rotatable bonds is 4. The molecule has 6 heteroatoms. The normalized spacial score (nSPS) is 28.2. The molecule has 0 radical (unpaired) electrons. The molecule has 2 unspecified atom stereocenters. The third-order valence-corrected chi connectivity index (χ3v) is 8.32. The van der Waals surface area contributed by atoms with Gasteiger partial charge in [-0.05, 0) is 48.8 Å². The second kappa shape index (κ2) is 8.47. The van der Waals surface area contributed by atoms with E-state index in [2.05, 4.69) is 48.4 Å². The molecule has 0 bridgehead atoms. The van der Waals surface area contributed by atoms with Crippen LogP contribution in [0.15, 0.2) is 57.5 Å². The highest BCUT2D eigenvalue weighted by atomic mass is 16.2. The molecular weight excluding hydrogens is 424 g/mol. The van der Waals surface area contributed by atoms with E-state index < -0.39 is 5.41 Å². The van der Waals surface area contributed by atoms with Crippen molar-refractivity contribution >= 4 is 17.4 Å². The Balaban J connectivity index is 1.59. The molecule has 2 aliphatic carbocycles. The monoisotopic (exact) mass is 460 g/mol. The minimum absolute atomic E-state index is 0.0894. The van der Waals surface area contributed by atoms with Crippen molar-refractivity contribution in [3.63, 3.8) is 0 Å². The lowest BCUT2D eigenvalue weighted by Crippen LogP contribution is -2.51. The third kappa shape index (κ3) is 3.62. The van der Waals surface area contributed by atoms with Gasteiger partial charge in [-0.3, -0.25) is 9.59 Å². The Kier molecular flexibility index (Phi) is 5.73. The van der Waals surface area contributed by atoms with Crippen LogP contribution < -0.4 is 10.2 Å². The summed E-state index contributed by atoms with van der Waals surface area (Å²) in [5.74, 6) is 0.507. The van der Waals surface area contributed by atoms with E-state index in [9.17, 15) is 9.59 Å². The van der Waals surface area contributed by atoms with Gasteiger partial charge in [0.15, 0.2) is 11.9 Å². The number of nitrogens with one attached hydrogen (secondary N) is 1. The maximum atomic E-state index is 13.7. The van der Waals surface area contributed by atoms with Gasteiger partial charge in [0.1, 0.15) is 0 Å². The molecule has 2 aliphatic heterocycles. The second-order valence-corrected chi connectivity index (χ2v) is 11.2. The van der Waals surface area contributed by atoms with Gasteiger partial charge in [-0.2, -0.15) is 10.2 Å². The maximum Gasteiger partial charge on any atom is 0.229 e. The minimum atomic E-state index is -0.590. The molecular formula is C28H36N4O2. The van der Waals surface area contributed by atoms with Gasteiger partial charge in [0, 0.05) is 41.9 Å². The van der Waals surface area contributed by atoms with E-state index in [1.165, 1.54) is 6.42 Å². The van der Waals surface area contributed by atoms with Crippen molar-refractivity contribution in [2.75, 3.05) is 11.9 Å². The molecule has 2 atom stereocenters. The molecule has 1 amide bonds. The molecule has 1 fully saturated rings. The molecule has 1 N–H and O–H groups in total. The lowest BCUT2D eigenvalue weighted by Gasteiger charge is -2.48. The van der Waals surface area contributed by atoms with Gasteiger partial charge in [0.05, 0.1) is 11.6 Å². The highest BCUT2D eigenvalue weighted by Crippen LogP contribution is 2.54. The number of hydrogen-bond donors (Lipinski definition) is 1. The molecule has 0 aromatic heterocycles. The summed E-state index contributed by atoms with van der Waals surface area (Å²) in [6.07, 6.45) is 9.11. The highest BCUT2D eigenvalue weighted by molar-refractivity contribution is 6.01. The zero-order valence-corrected chi connectivity index (χ0v) is 20.9. The van der Waals surface area contributed by atoms with Gasteiger partial charge >= 0.3 is 0 Å². The van der Waals surface area contributed by atoms with E-state index in [0.717, 1.165) is 66.6 Å². The fourth-order valence-corrected chi connectivity index (χ4v) is 6.62. The van der Waals surface area contributed by atoms with Crippen LogP contribution in [0.5, 0.6) is 0 Å². The Morgan fingerprint density at radius 2 is 1.94 bits per heavy atom. The van der Waals surface area contributed by atoms with Gasteiger partial charge in [0.2, 0.25) is 5.91 Å². The number of fused-ring (bicyclic) bond motifs is 1. The summed E-state index contributed by atoms with van der Waals surface area (Å²) in [5.41, 5.74) is 4.14. The van der Waals surface area contributed by atoms with Crippen molar-refractivity contribution in [2.45, 2.75) is 83.7 Å². The summed E-state index contributed by atoms with van der Waals surface area (Å²) < 4.78 is 0. The average molecular weight is 461 g/mol. The van der Waals surface area contributed by atoms with Gasteiger partial charge < -0.3 is 10.2 Å².